The zero-order valence-electron chi connectivity index (χ0n) is 16.6. The smallest absolute Gasteiger partial charge is 0.411 e. The molecule has 2 aromatic rings. The maximum absolute atomic E-state index is 12.8. The number of rotatable bonds is 3. The second-order valence-corrected chi connectivity index (χ2v) is 7.71. The molecule has 2 saturated heterocycles. The average molecular weight is 382 g/mol. The van der Waals surface area contributed by atoms with Gasteiger partial charge in [0.25, 0.3) is 5.91 Å². The minimum atomic E-state index is -0.257. The third kappa shape index (κ3) is 3.28. The van der Waals surface area contributed by atoms with Gasteiger partial charge in [0.1, 0.15) is 17.6 Å². The van der Waals surface area contributed by atoms with Crippen LogP contribution < -0.4 is 0 Å². The summed E-state index contributed by atoms with van der Waals surface area (Å²) in [5, 5.41) is 0. The number of piperidine rings is 1. The second kappa shape index (κ2) is 7.34. The van der Waals surface area contributed by atoms with E-state index in [4.69, 9.17) is 9.15 Å². The van der Waals surface area contributed by atoms with E-state index < -0.39 is 0 Å². The first-order chi connectivity index (χ1) is 13.5. The summed E-state index contributed by atoms with van der Waals surface area (Å²) in [5.74, 6) is 1.41. The van der Waals surface area contributed by atoms with Crippen LogP contribution in [-0.4, -0.2) is 47.0 Å². The molecule has 0 radical (unpaired) electrons. The van der Waals surface area contributed by atoms with Gasteiger partial charge in [0.2, 0.25) is 0 Å². The maximum Gasteiger partial charge on any atom is 0.411 e. The lowest BCUT2D eigenvalue weighted by molar-refractivity contribution is 0.0639. The molecule has 0 spiro atoms. The van der Waals surface area contributed by atoms with Crippen molar-refractivity contribution >= 4 is 12.0 Å². The molecule has 2 fully saturated rings. The molecule has 28 heavy (non-hydrogen) atoms. The van der Waals surface area contributed by atoms with Crippen LogP contribution in [0.4, 0.5) is 4.79 Å². The first-order valence-electron chi connectivity index (χ1n) is 9.86. The molecule has 6 heteroatoms. The van der Waals surface area contributed by atoms with Crippen molar-refractivity contribution in [3.05, 3.63) is 59.0 Å². The molecule has 0 N–H and O–H groups in total. The fourth-order valence-corrected chi connectivity index (χ4v) is 4.41. The maximum atomic E-state index is 12.8. The molecule has 1 aromatic carbocycles. The molecule has 2 unspecified atom stereocenters. The van der Waals surface area contributed by atoms with E-state index in [1.165, 1.54) is 0 Å². The number of benzene rings is 1. The number of hydrogen-bond acceptors (Lipinski definition) is 4. The number of ether oxygens (including phenoxy) is 1. The monoisotopic (exact) mass is 382 g/mol. The van der Waals surface area contributed by atoms with E-state index >= 15 is 0 Å². The van der Waals surface area contributed by atoms with Gasteiger partial charge in [-0.1, -0.05) is 30.3 Å². The van der Waals surface area contributed by atoms with Gasteiger partial charge in [0.15, 0.2) is 0 Å². The van der Waals surface area contributed by atoms with Crippen LogP contribution in [0.5, 0.6) is 0 Å². The fourth-order valence-electron chi connectivity index (χ4n) is 4.41. The first-order valence-corrected chi connectivity index (χ1v) is 9.86. The highest BCUT2D eigenvalue weighted by Gasteiger charge is 2.44. The molecule has 2 atom stereocenters. The highest BCUT2D eigenvalue weighted by atomic mass is 16.6. The zero-order valence-corrected chi connectivity index (χ0v) is 16.6. The number of furan rings is 1. The Labute approximate surface area is 165 Å². The predicted octanol–water partition coefficient (Wildman–Crippen LogP) is 4.08. The van der Waals surface area contributed by atoms with E-state index in [2.05, 4.69) is 0 Å². The van der Waals surface area contributed by atoms with Crippen LogP contribution in [0.1, 0.15) is 53.3 Å². The van der Waals surface area contributed by atoms with Crippen molar-refractivity contribution < 1.29 is 18.7 Å². The molecule has 3 heterocycles. The number of likely N-dealkylation sites (tertiary alicyclic amines) is 1. The van der Waals surface area contributed by atoms with Crippen LogP contribution >= 0.6 is 0 Å². The molecule has 0 saturated carbocycles. The van der Waals surface area contributed by atoms with Crippen molar-refractivity contribution in [2.24, 2.45) is 0 Å². The Morgan fingerprint density at radius 2 is 1.79 bits per heavy atom. The number of carbonyl (C=O) groups is 2. The van der Waals surface area contributed by atoms with E-state index in [9.17, 15) is 9.59 Å². The molecule has 0 bridgehead atoms. The van der Waals surface area contributed by atoms with Crippen LogP contribution in [0.2, 0.25) is 0 Å². The molecule has 1 aromatic heterocycles. The van der Waals surface area contributed by atoms with Crippen molar-refractivity contribution in [1.82, 2.24) is 9.80 Å². The van der Waals surface area contributed by atoms with Gasteiger partial charge in [-0.3, -0.25) is 9.69 Å². The summed E-state index contributed by atoms with van der Waals surface area (Å²) in [5.41, 5.74) is 1.65. The number of hydrogen-bond donors (Lipinski definition) is 0. The predicted molar refractivity (Wildman–Crippen MR) is 104 cm³/mol. The standard InChI is InChI=1S/C22H26N2O4/c1-14-13-19(16(3)27-14)21(25)23-11-9-18(10-12-23)24-15(2)20(28-22(24)26)17-7-5-4-6-8-17/h4-8,13,15,18,20H,9-12H2,1-3H3. The van der Waals surface area contributed by atoms with Gasteiger partial charge in [0, 0.05) is 19.1 Å². The molecule has 2 amide bonds. The number of nitrogens with zero attached hydrogens (tertiary/aromatic N) is 2. The van der Waals surface area contributed by atoms with Gasteiger partial charge >= 0.3 is 6.09 Å². The van der Waals surface area contributed by atoms with Gasteiger partial charge in [-0.25, -0.2) is 4.79 Å². The summed E-state index contributed by atoms with van der Waals surface area (Å²) in [6.45, 7) is 6.95. The lowest BCUT2D eigenvalue weighted by Gasteiger charge is -2.37. The molecule has 148 valence electrons. The second-order valence-electron chi connectivity index (χ2n) is 7.71. The summed E-state index contributed by atoms with van der Waals surface area (Å²) < 4.78 is 11.2. The fraction of sp³-hybridized carbons (Fsp3) is 0.455. The summed E-state index contributed by atoms with van der Waals surface area (Å²) >= 11 is 0. The first kappa shape index (κ1) is 18.6. The lowest BCUT2D eigenvalue weighted by Crippen LogP contribution is -2.49. The molecular formula is C22H26N2O4. The van der Waals surface area contributed by atoms with Crippen molar-refractivity contribution in [2.45, 2.75) is 51.8 Å². The van der Waals surface area contributed by atoms with Gasteiger partial charge in [-0.15, -0.1) is 0 Å². The van der Waals surface area contributed by atoms with Crippen molar-refractivity contribution in [3.63, 3.8) is 0 Å². The van der Waals surface area contributed by atoms with Crippen LogP contribution in [0, 0.1) is 13.8 Å². The van der Waals surface area contributed by atoms with Crippen molar-refractivity contribution in [1.29, 1.82) is 0 Å². The largest absolute Gasteiger partial charge is 0.466 e. The summed E-state index contributed by atoms with van der Waals surface area (Å²) in [7, 11) is 0. The molecule has 2 aliphatic heterocycles. The third-order valence-corrected chi connectivity index (χ3v) is 5.86. The Kier molecular flexibility index (Phi) is 4.87. The third-order valence-electron chi connectivity index (χ3n) is 5.86. The Morgan fingerprint density at radius 1 is 1.11 bits per heavy atom. The number of amides is 2. The van der Waals surface area contributed by atoms with Crippen LogP contribution in [-0.2, 0) is 4.74 Å². The van der Waals surface area contributed by atoms with E-state index in [0.29, 0.717) is 24.4 Å². The molecular weight excluding hydrogens is 356 g/mol. The number of cyclic esters (lactones) is 1. The van der Waals surface area contributed by atoms with Gasteiger partial charge < -0.3 is 14.1 Å². The van der Waals surface area contributed by atoms with Gasteiger partial charge in [0.05, 0.1) is 11.6 Å². The minimum Gasteiger partial charge on any atom is -0.466 e. The van der Waals surface area contributed by atoms with Crippen molar-refractivity contribution in [3.8, 4) is 0 Å². The lowest BCUT2D eigenvalue weighted by atomic mass is 9.98. The zero-order chi connectivity index (χ0) is 19.8. The minimum absolute atomic E-state index is 0.00649. The Hall–Kier alpha value is -2.76. The summed E-state index contributed by atoms with van der Waals surface area (Å²) in [4.78, 5) is 29.1. The van der Waals surface area contributed by atoms with E-state index in [-0.39, 0.29) is 30.2 Å². The van der Waals surface area contributed by atoms with E-state index in [1.54, 1.807) is 6.07 Å². The van der Waals surface area contributed by atoms with Crippen LogP contribution in [0.25, 0.3) is 0 Å². The highest BCUT2D eigenvalue weighted by Crippen LogP contribution is 2.36. The molecule has 0 aliphatic carbocycles. The van der Waals surface area contributed by atoms with Crippen molar-refractivity contribution in [2.75, 3.05) is 13.1 Å². The van der Waals surface area contributed by atoms with Gasteiger partial charge in [-0.2, -0.15) is 0 Å². The molecule has 4 rings (SSSR count). The molecule has 6 nitrogen and oxygen atoms in total. The highest BCUT2D eigenvalue weighted by molar-refractivity contribution is 5.95. The normalized spacial score (nSPS) is 23.2. The quantitative estimate of drug-likeness (QED) is 0.802. The Bertz CT molecular complexity index is 868. The van der Waals surface area contributed by atoms with E-state index in [0.717, 1.165) is 24.2 Å². The summed E-state index contributed by atoms with van der Waals surface area (Å²) in [6.07, 6.45) is 1.00. The van der Waals surface area contributed by atoms with E-state index in [1.807, 2.05) is 60.9 Å². The number of carbonyl (C=O) groups excluding carboxylic acids is 2. The summed E-state index contributed by atoms with van der Waals surface area (Å²) in [6, 6.07) is 11.7. The average Bonchev–Trinajstić information content (AvgIpc) is 3.19. The SMILES string of the molecule is Cc1cc(C(=O)N2CCC(N3C(=O)OC(c4ccccc4)C3C)CC2)c(C)o1. The number of aryl methyl sites for hydroxylation is 2. The Balaban J connectivity index is 1.41. The topological polar surface area (TPSA) is 63.0 Å². The Morgan fingerprint density at radius 3 is 2.39 bits per heavy atom. The van der Waals surface area contributed by atoms with Crippen LogP contribution in [0.15, 0.2) is 40.8 Å². The van der Waals surface area contributed by atoms with Crippen LogP contribution in [0.3, 0.4) is 0 Å². The molecule has 2 aliphatic rings. The van der Waals surface area contributed by atoms with Gasteiger partial charge in [-0.05, 0) is 45.2 Å².